The van der Waals surface area contributed by atoms with Crippen molar-refractivity contribution in [3.8, 4) is 0 Å². The van der Waals surface area contributed by atoms with Crippen LogP contribution in [0.5, 0.6) is 0 Å². The molecule has 0 fully saturated rings. The molecule has 0 aromatic rings. The molecule has 6 heteroatoms. The summed E-state index contributed by atoms with van der Waals surface area (Å²) in [6.45, 7) is 1.91. The van der Waals surface area contributed by atoms with Crippen molar-refractivity contribution < 1.29 is 14.5 Å². The number of rotatable bonds is 3. The number of esters is 1. The molecular weight excluding hydrogens is 218 g/mol. The maximum Gasteiger partial charge on any atom is 0.338 e. The van der Waals surface area contributed by atoms with E-state index in [1.165, 1.54) is 6.08 Å². The maximum absolute atomic E-state index is 11.3. The Kier molecular flexibility index (Phi) is 3.68. The van der Waals surface area contributed by atoms with Crippen LogP contribution in [0.2, 0.25) is 0 Å². The molecule has 0 bridgehead atoms. The van der Waals surface area contributed by atoms with Gasteiger partial charge in [0.15, 0.2) is 0 Å². The number of carbonyl (C=O) groups is 1. The summed E-state index contributed by atoms with van der Waals surface area (Å²) in [5.41, 5.74) is -0.00676. The van der Waals surface area contributed by atoms with Gasteiger partial charge in [-0.2, -0.15) is 0 Å². The van der Waals surface area contributed by atoms with Crippen molar-refractivity contribution in [3.05, 3.63) is 33.5 Å². The Morgan fingerprint density at radius 1 is 1.73 bits per heavy atom. The van der Waals surface area contributed by atoms with Crippen LogP contribution in [-0.4, -0.2) is 22.4 Å². The molecule has 0 heterocycles. The van der Waals surface area contributed by atoms with Crippen molar-refractivity contribution in [1.29, 1.82) is 0 Å². The number of hydrogen-bond acceptors (Lipinski definition) is 5. The number of carbonyl (C=O) groups excluding carboxylic acids is 1. The van der Waals surface area contributed by atoms with Crippen LogP contribution in [0, 0.1) is 10.1 Å². The molecule has 0 saturated heterocycles. The van der Waals surface area contributed by atoms with Crippen LogP contribution in [0.15, 0.2) is 23.4 Å². The standard InChI is InChI=1S/C9H9NO4S/c1-2-14-9(11)6-3-4-8(15)7(5-6)10(12)13/h3,5H,2,4H2,1H3. The van der Waals surface area contributed by atoms with Crippen molar-refractivity contribution in [1.82, 2.24) is 0 Å². The maximum atomic E-state index is 11.3. The van der Waals surface area contributed by atoms with Crippen LogP contribution < -0.4 is 0 Å². The fraction of sp³-hybridized carbons (Fsp3) is 0.333. The molecule has 5 nitrogen and oxygen atoms in total. The number of ether oxygens (including phenoxy) is 1. The molecular formula is C9H9NO4S. The van der Waals surface area contributed by atoms with Crippen LogP contribution in [0.25, 0.3) is 0 Å². The number of nitrogens with zero attached hydrogens (tertiary/aromatic N) is 1. The van der Waals surface area contributed by atoms with Crippen LogP contribution in [-0.2, 0) is 9.53 Å². The zero-order valence-electron chi connectivity index (χ0n) is 8.06. The molecule has 0 N–H and O–H groups in total. The summed E-state index contributed by atoms with van der Waals surface area (Å²) in [6, 6.07) is 0. The minimum Gasteiger partial charge on any atom is -0.462 e. The quantitative estimate of drug-likeness (QED) is 0.315. The molecule has 0 amide bonds. The Hall–Kier alpha value is -1.56. The third-order valence-electron chi connectivity index (χ3n) is 1.79. The summed E-state index contributed by atoms with van der Waals surface area (Å²) in [5.74, 6) is -0.556. The first-order valence-corrected chi connectivity index (χ1v) is 4.73. The Labute approximate surface area is 91.6 Å². The number of allylic oxidation sites excluding steroid dienone is 2. The Morgan fingerprint density at radius 3 is 2.93 bits per heavy atom. The van der Waals surface area contributed by atoms with Crippen molar-refractivity contribution in [2.45, 2.75) is 13.3 Å². The monoisotopic (exact) mass is 227 g/mol. The molecule has 0 aromatic carbocycles. The number of thiocarbonyl (C=S) groups is 1. The lowest BCUT2D eigenvalue weighted by Crippen LogP contribution is -2.16. The molecule has 1 aliphatic rings. The second-order valence-corrected chi connectivity index (χ2v) is 3.29. The van der Waals surface area contributed by atoms with E-state index in [9.17, 15) is 14.9 Å². The SMILES string of the molecule is CCOC(=O)C1=CCC(=S)C([N+](=O)[O-])=C1. The Morgan fingerprint density at radius 2 is 2.40 bits per heavy atom. The van der Waals surface area contributed by atoms with E-state index in [0.717, 1.165) is 6.08 Å². The second kappa shape index (κ2) is 4.79. The molecule has 0 spiro atoms. The van der Waals surface area contributed by atoms with Gasteiger partial charge in [0.2, 0.25) is 0 Å². The average molecular weight is 227 g/mol. The van der Waals surface area contributed by atoms with Crippen molar-refractivity contribution >= 4 is 23.1 Å². The molecule has 0 radical (unpaired) electrons. The van der Waals surface area contributed by atoms with E-state index in [-0.39, 0.29) is 29.2 Å². The van der Waals surface area contributed by atoms with Gasteiger partial charge < -0.3 is 4.74 Å². The summed E-state index contributed by atoms with van der Waals surface area (Å²) in [5, 5.41) is 10.6. The highest BCUT2D eigenvalue weighted by molar-refractivity contribution is 7.80. The molecule has 1 rings (SSSR count). The van der Waals surface area contributed by atoms with E-state index in [2.05, 4.69) is 0 Å². The largest absolute Gasteiger partial charge is 0.462 e. The summed E-state index contributed by atoms with van der Waals surface area (Å²) in [7, 11) is 0. The van der Waals surface area contributed by atoms with Gasteiger partial charge in [-0.05, 0) is 6.92 Å². The second-order valence-electron chi connectivity index (χ2n) is 2.79. The predicted molar refractivity (Wildman–Crippen MR) is 57.0 cm³/mol. The summed E-state index contributed by atoms with van der Waals surface area (Å²) >= 11 is 4.80. The molecule has 0 atom stereocenters. The van der Waals surface area contributed by atoms with E-state index < -0.39 is 10.9 Å². The van der Waals surface area contributed by atoms with E-state index in [1.54, 1.807) is 6.92 Å². The lowest BCUT2D eigenvalue weighted by Gasteiger charge is -2.07. The van der Waals surface area contributed by atoms with Gasteiger partial charge in [-0.15, -0.1) is 0 Å². The first kappa shape index (κ1) is 11.5. The van der Waals surface area contributed by atoms with Crippen molar-refractivity contribution in [3.63, 3.8) is 0 Å². The number of hydrogen-bond donors (Lipinski definition) is 0. The highest BCUT2D eigenvalue weighted by atomic mass is 32.1. The van der Waals surface area contributed by atoms with E-state index >= 15 is 0 Å². The van der Waals surface area contributed by atoms with Gasteiger partial charge in [0.1, 0.15) is 0 Å². The van der Waals surface area contributed by atoms with Crippen LogP contribution >= 0.6 is 12.2 Å². The summed E-state index contributed by atoms with van der Waals surface area (Å²) in [4.78, 5) is 21.5. The molecule has 15 heavy (non-hydrogen) atoms. The van der Waals surface area contributed by atoms with E-state index in [4.69, 9.17) is 17.0 Å². The lowest BCUT2D eigenvalue weighted by atomic mass is 10.0. The highest BCUT2D eigenvalue weighted by Crippen LogP contribution is 2.17. The van der Waals surface area contributed by atoms with Crippen LogP contribution in [0.3, 0.4) is 0 Å². The summed E-state index contributed by atoms with van der Waals surface area (Å²) < 4.78 is 4.73. The van der Waals surface area contributed by atoms with E-state index in [1.807, 2.05) is 0 Å². The lowest BCUT2D eigenvalue weighted by molar-refractivity contribution is -0.415. The third kappa shape index (κ3) is 2.69. The molecule has 0 aromatic heterocycles. The minimum atomic E-state index is -0.589. The number of nitro groups is 1. The highest BCUT2D eigenvalue weighted by Gasteiger charge is 2.24. The molecule has 0 aliphatic heterocycles. The zero-order valence-corrected chi connectivity index (χ0v) is 8.87. The van der Waals surface area contributed by atoms with Gasteiger partial charge in [0.25, 0.3) is 5.70 Å². The smallest absolute Gasteiger partial charge is 0.338 e. The topological polar surface area (TPSA) is 69.4 Å². The summed E-state index contributed by atoms with van der Waals surface area (Å²) in [6.07, 6.45) is 2.92. The minimum absolute atomic E-state index is 0.192. The van der Waals surface area contributed by atoms with Gasteiger partial charge in [0, 0.05) is 12.5 Å². The van der Waals surface area contributed by atoms with Crippen molar-refractivity contribution in [2.24, 2.45) is 0 Å². The predicted octanol–water partition coefficient (Wildman–Crippen LogP) is 1.41. The molecule has 80 valence electrons. The van der Waals surface area contributed by atoms with Crippen LogP contribution in [0.1, 0.15) is 13.3 Å². The van der Waals surface area contributed by atoms with Gasteiger partial charge in [0.05, 0.1) is 22.0 Å². The first-order valence-electron chi connectivity index (χ1n) is 4.32. The van der Waals surface area contributed by atoms with Gasteiger partial charge >= 0.3 is 5.97 Å². The fourth-order valence-electron chi connectivity index (χ4n) is 1.11. The van der Waals surface area contributed by atoms with Gasteiger partial charge in [-0.25, -0.2) is 4.79 Å². The zero-order chi connectivity index (χ0) is 11.4. The average Bonchev–Trinajstić information content (AvgIpc) is 2.18. The Bertz CT molecular complexity index is 384. The molecule has 0 saturated carbocycles. The Balaban J connectivity index is 2.91. The van der Waals surface area contributed by atoms with E-state index in [0.29, 0.717) is 0 Å². The fourth-order valence-corrected chi connectivity index (χ4v) is 1.32. The molecule has 0 unspecified atom stereocenters. The molecule has 1 aliphatic carbocycles. The normalized spacial score (nSPS) is 15.4. The van der Waals surface area contributed by atoms with Crippen LogP contribution in [0.4, 0.5) is 0 Å². The van der Waals surface area contributed by atoms with Gasteiger partial charge in [-0.3, -0.25) is 10.1 Å². The van der Waals surface area contributed by atoms with Gasteiger partial charge in [-0.1, -0.05) is 18.3 Å². The van der Waals surface area contributed by atoms with Crippen molar-refractivity contribution in [2.75, 3.05) is 6.61 Å². The third-order valence-corrected chi connectivity index (χ3v) is 2.17. The first-order chi connectivity index (χ1) is 7.06.